The van der Waals surface area contributed by atoms with Gasteiger partial charge in [0.15, 0.2) is 0 Å². The molecule has 9 unspecified atom stereocenters. The zero-order valence-corrected chi connectivity index (χ0v) is 13.1. The fourth-order valence-electron chi connectivity index (χ4n) is 8.29. The highest BCUT2D eigenvalue weighted by Gasteiger charge is 2.64. The average Bonchev–Trinajstić information content (AvgIpc) is 2.47. The van der Waals surface area contributed by atoms with Crippen molar-refractivity contribution >= 4 is 0 Å². The van der Waals surface area contributed by atoms with Crippen LogP contribution < -0.4 is 5.73 Å². The molecule has 0 radical (unpaired) electrons. The first-order valence-electron chi connectivity index (χ1n) is 9.50. The van der Waals surface area contributed by atoms with Gasteiger partial charge in [0.1, 0.15) is 0 Å². The molecule has 0 aromatic carbocycles. The van der Waals surface area contributed by atoms with Crippen molar-refractivity contribution in [3.8, 4) is 0 Å². The lowest BCUT2D eigenvalue weighted by Gasteiger charge is -2.69. The molecule has 0 saturated heterocycles. The second kappa shape index (κ2) is 4.03. The Labute approximate surface area is 124 Å². The molecule has 5 fully saturated rings. The first-order valence-corrected chi connectivity index (χ1v) is 9.50. The molecule has 2 N–H and O–H groups in total. The number of hydrogen-bond acceptors (Lipinski definition) is 1. The molecule has 0 heterocycles. The van der Waals surface area contributed by atoms with Gasteiger partial charge in [0.05, 0.1) is 0 Å². The van der Waals surface area contributed by atoms with Crippen LogP contribution in [0.25, 0.3) is 0 Å². The van der Waals surface area contributed by atoms with E-state index in [2.05, 4.69) is 6.92 Å². The molecule has 9 atom stereocenters. The Kier molecular flexibility index (Phi) is 2.52. The van der Waals surface area contributed by atoms with Crippen LogP contribution in [0, 0.1) is 47.3 Å². The van der Waals surface area contributed by atoms with Gasteiger partial charge in [-0.3, -0.25) is 0 Å². The molecular weight excluding hydrogens is 242 g/mol. The molecule has 0 amide bonds. The van der Waals surface area contributed by atoms with Gasteiger partial charge < -0.3 is 5.73 Å². The molecular formula is C19H31N. The number of nitrogens with two attached hydrogens (primary N) is 1. The highest BCUT2D eigenvalue weighted by Crippen LogP contribution is 2.67. The van der Waals surface area contributed by atoms with Gasteiger partial charge >= 0.3 is 0 Å². The second-order valence-electron chi connectivity index (χ2n) is 9.14. The minimum absolute atomic E-state index is 0.247. The lowest BCUT2D eigenvalue weighted by Crippen LogP contribution is -2.72. The normalized spacial score (nSPS) is 63.3. The van der Waals surface area contributed by atoms with Crippen molar-refractivity contribution in [2.75, 3.05) is 0 Å². The van der Waals surface area contributed by atoms with Crippen molar-refractivity contribution in [2.24, 2.45) is 53.1 Å². The highest BCUT2D eigenvalue weighted by atomic mass is 14.9. The molecule has 0 aromatic heterocycles. The molecule has 112 valence electrons. The Bertz CT molecular complexity index is 408. The van der Waals surface area contributed by atoms with Crippen molar-refractivity contribution in [1.82, 2.24) is 0 Å². The molecule has 0 aliphatic heterocycles. The van der Waals surface area contributed by atoms with Crippen LogP contribution in [0.5, 0.6) is 0 Å². The van der Waals surface area contributed by atoms with Crippen molar-refractivity contribution in [1.29, 1.82) is 0 Å². The van der Waals surface area contributed by atoms with Crippen LogP contribution in [0.2, 0.25) is 0 Å². The van der Waals surface area contributed by atoms with Crippen LogP contribution in [0.4, 0.5) is 0 Å². The Morgan fingerprint density at radius 2 is 1.75 bits per heavy atom. The largest absolute Gasteiger partial charge is 0.324 e. The zero-order valence-electron chi connectivity index (χ0n) is 13.1. The van der Waals surface area contributed by atoms with E-state index in [1.807, 2.05) is 0 Å². The predicted molar refractivity (Wildman–Crippen MR) is 82.1 cm³/mol. The molecule has 5 aliphatic rings. The highest BCUT2D eigenvalue weighted by molar-refractivity contribution is 5.17. The molecule has 20 heavy (non-hydrogen) atoms. The van der Waals surface area contributed by atoms with E-state index in [1.165, 1.54) is 38.5 Å². The summed E-state index contributed by atoms with van der Waals surface area (Å²) in [6.07, 6.45) is 13.5. The van der Waals surface area contributed by atoms with Crippen molar-refractivity contribution < 1.29 is 0 Å². The van der Waals surface area contributed by atoms with Crippen molar-refractivity contribution in [3.63, 3.8) is 0 Å². The van der Waals surface area contributed by atoms with Gasteiger partial charge in [0, 0.05) is 5.54 Å². The van der Waals surface area contributed by atoms with E-state index in [0.717, 1.165) is 47.3 Å². The molecule has 0 aromatic rings. The molecule has 5 rings (SSSR count). The summed E-state index contributed by atoms with van der Waals surface area (Å²) < 4.78 is 0. The first kappa shape index (κ1) is 12.5. The molecule has 5 aliphatic carbocycles. The van der Waals surface area contributed by atoms with E-state index in [-0.39, 0.29) is 5.54 Å². The van der Waals surface area contributed by atoms with Gasteiger partial charge in [-0.15, -0.1) is 0 Å². The molecule has 5 saturated carbocycles. The Hall–Kier alpha value is -0.0400. The maximum Gasteiger partial charge on any atom is 0.0245 e. The maximum absolute atomic E-state index is 7.34. The minimum Gasteiger partial charge on any atom is -0.324 e. The summed E-state index contributed by atoms with van der Waals surface area (Å²) in [6, 6.07) is 0. The number of fused-ring (bicyclic) bond motifs is 2. The Balaban J connectivity index is 1.65. The van der Waals surface area contributed by atoms with Crippen LogP contribution in [0.1, 0.15) is 64.7 Å². The maximum atomic E-state index is 7.34. The lowest BCUT2D eigenvalue weighted by molar-refractivity contribution is -0.171. The average molecular weight is 273 g/mol. The summed E-state index contributed by atoms with van der Waals surface area (Å²) in [5.74, 6) is 7.87. The van der Waals surface area contributed by atoms with Crippen LogP contribution in [0.3, 0.4) is 0 Å². The third-order valence-corrected chi connectivity index (χ3v) is 8.81. The zero-order chi connectivity index (χ0) is 13.5. The minimum atomic E-state index is 0.247. The smallest absolute Gasteiger partial charge is 0.0245 e. The van der Waals surface area contributed by atoms with Gasteiger partial charge in [-0.1, -0.05) is 26.2 Å². The van der Waals surface area contributed by atoms with E-state index in [9.17, 15) is 0 Å². The van der Waals surface area contributed by atoms with Crippen LogP contribution in [0.15, 0.2) is 0 Å². The topological polar surface area (TPSA) is 26.0 Å². The quantitative estimate of drug-likeness (QED) is 0.761. The van der Waals surface area contributed by atoms with E-state index in [1.54, 1.807) is 19.3 Å². The van der Waals surface area contributed by atoms with Crippen LogP contribution in [-0.2, 0) is 0 Å². The number of rotatable bonds is 1. The number of hydrogen-bond donors (Lipinski definition) is 1. The van der Waals surface area contributed by atoms with Crippen molar-refractivity contribution in [3.05, 3.63) is 0 Å². The summed E-state index contributed by atoms with van der Waals surface area (Å²) in [7, 11) is 0. The summed E-state index contributed by atoms with van der Waals surface area (Å²) in [6.45, 7) is 2.42. The lowest BCUT2D eigenvalue weighted by atomic mass is 9.38. The summed E-state index contributed by atoms with van der Waals surface area (Å²) >= 11 is 0. The monoisotopic (exact) mass is 273 g/mol. The second-order valence-corrected chi connectivity index (χ2v) is 9.14. The third-order valence-electron chi connectivity index (χ3n) is 8.81. The van der Waals surface area contributed by atoms with Gasteiger partial charge in [-0.2, -0.15) is 0 Å². The molecule has 0 spiro atoms. The van der Waals surface area contributed by atoms with Gasteiger partial charge in [-0.05, 0) is 85.9 Å². The molecule has 1 heteroatoms. The van der Waals surface area contributed by atoms with Gasteiger partial charge in [0.2, 0.25) is 0 Å². The van der Waals surface area contributed by atoms with E-state index in [4.69, 9.17) is 5.73 Å². The molecule has 4 bridgehead atoms. The summed E-state index contributed by atoms with van der Waals surface area (Å²) in [5, 5.41) is 0. The fraction of sp³-hybridized carbons (Fsp3) is 1.00. The van der Waals surface area contributed by atoms with E-state index >= 15 is 0 Å². The first-order chi connectivity index (χ1) is 9.71. The van der Waals surface area contributed by atoms with E-state index in [0.29, 0.717) is 0 Å². The summed E-state index contributed by atoms with van der Waals surface area (Å²) in [5.41, 5.74) is 7.59. The standard InChI is InChI=1S/C19H31N/c1-2-14-7-11-6-13-9-12-4-3-5-17-15(12)10-16(13)18(8-11)19(14,17)20/h11-18H,2-10,20H2,1H3. The van der Waals surface area contributed by atoms with Gasteiger partial charge in [-0.25, -0.2) is 0 Å². The van der Waals surface area contributed by atoms with Crippen LogP contribution >= 0.6 is 0 Å². The van der Waals surface area contributed by atoms with Crippen molar-refractivity contribution in [2.45, 2.75) is 70.3 Å². The van der Waals surface area contributed by atoms with Crippen LogP contribution in [-0.4, -0.2) is 5.54 Å². The summed E-state index contributed by atoms with van der Waals surface area (Å²) in [4.78, 5) is 0. The Morgan fingerprint density at radius 1 is 0.900 bits per heavy atom. The molecule has 1 nitrogen and oxygen atoms in total. The Morgan fingerprint density at radius 3 is 2.60 bits per heavy atom. The van der Waals surface area contributed by atoms with E-state index < -0.39 is 0 Å². The predicted octanol–water partition coefficient (Wildman–Crippen LogP) is 4.21. The van der Waals surface area contributed by atoms with Gasteiger partial charge in [0.25, 0.3) is 0 Å². The fourth-order valence-corrected chi connectivity index (χ4v) is 8.29. The third kappa shape index (κ3) is 1.35. The SMILES string of the molecule is CCC1CC2CC3CC4CCCC5C4CC3C(C2)C15N.